The second-order valence-electron chi connectivity index (χ2n) is 18.3. The molecule has 484 valence electrons. The van der Waals surface area contributed by atoms with E-state index in [9.17, 15) is 59.6 Å². The Morgan fingerprint density at radius 3 is 0.609 bits per heavy atom. The van der Waals surface area contributed by atoms with Crippen molar-refractivity contribution in [2.45, 2.75) is 0 Å². The molecule has 6 aromatic carbocycles. The van der Waals surface area contributed by atoms with Crippen LogP contribution in [-0.2, 0) is 28.4 Å². The van der Waals surface area contributed by atoms with Crippen LogP contribution in [0, 0.1) is 40.5 Å². The van der Waals surface area contributed by atoms with Crippen LogP contribution in [0.5, 0.6) is 23.0 Å². The van der Waals surface area contributed by atoms with Gasteiger partial charge < -0.3 is 114 Å². The van der Waals surface area contributed by atoms with E-state index in [0.29, 0.717) is 52.9 Å². The average Bonchev–Trinajstić information content (AvgIpc) is 0.871. The summed E-state index contributed by atoms with van der Waals surface area (Å²) in [5, 5.41) is 64.6. The molecule has 0 atom stereocenters. The van der Waals surface area contributed by atoms with Crippen LogP contribution >= 0.6 is 0 Å². The summed E-state index contributed by atoms with van der Waals surface area (Å²) in [6.45, 7) is 4.48. The van der Waals surface area contributed by atoms with Crippen LogP contribution in [-0.4, -0.2) is 150 Å². The van der Waals surface area contributed by atoms with Gasteiger partial charge in [-0.1, -0.05) is 0 Å². The second-order valence-corrected chi connectivity index (χ2v) is 18.3. The number of carbonyl (C=O) groups is 4. The first-order chi connectivity index (χ1) is 43.6. The molecular formula is C56H60IKN12O22. The minimum Gasteiger partial charge on any atom is -1.00 e. The number of nitro benzene ring substituents is 4. The first-order valence-corrected chi connectivity index (χ1v) is 27.2. The van der Waals surface area contributed by atoms with Crippen molar-refractivity contribution in [2.24, 2.45) is 0 Å². The first-order valence-electron chi connectivity index (χ1n) is 27.2. The fraction of sp³-hybridized carbons (Fsp3) is 0.286. The first kappa shape index (κ1) is 74.1. The van der Waals surface area contributed by atoms with Crippen molar-refractivity contribution in [1.82, 2.24) is 0 Å². The number of anilines is 8. The molecule has 34 nitrogen and oxygen atoms in total. The number of nitrogens with one attached hydrogen (secondary N) is 8. The van der Waals surface area contributed by atoms with Crippen molar-refractivity contribution in [2.75, 3.05) is 148 Å². The third-order valence-electron chi connectivity index (χ3n) is 11.9. The number of fused-ring (bicyclic) bond motifs is 2. The molecule has 0 saturated heterocycles. The molecule has 2 aliphatic rings. The number of amides is 8. The van der Waals surface area contributed by atoms with Crippen molar-refractivity contribution in [3.05, 3.63) is 162 Å². The van der Waals surface area contributed by atoms with E-state index in [0.717, 1.165) is 0 Å². The summed E-state index contributed by atoms with van der Waals surface area (Å²) in [4.78, 5) is 93.3. The van der Waals surface area contributed by atoms with Gasteiger partial charge >= 0.3 is 75.5 Å². The number of nitrogens with zero attached hydrogens (tertiary/aromatic N) is 4. The van der Waals surface area contributed by atoms with E-state index in [4.69, 9.17) is 47.4 Å². The van der Waals surface area contributed by atoms with Gasteiger partial charge in [0.2, 0.25) is 0 Å². The summed E-state index contributed by atoms with van der Waals surface area (Å²) in [5.41, 5.74) is 0.963. The number of nitro groups is 4. The van der Waals surface area contributed by atoms with Crippen LogP contribution in [0.25, 0.3) is 0 Å². The molecular weight excluding hydrogens is 1360 g/mol. The van der Waals surface area contributed by atoms with Crippen LogP contribution in [0.15, 0.2) is 121 Å². The van der Waals surface area contributed by atoms with E-state index in [-0.39, 0.29) is 219 Å². The smallest absolute Gasteiger partial charge is 1.00 e. The van der Waals surface area contributed by atoms with E-state index in [1.54, 1.807) is 0 Å². The molecule has 36 heteroatoms. The van der Waals surface area contributed by atoms with Crippen LogP contribution in [0.1, 0.15) is 0 Å². The predicted octanol–water partition coefficient (Wildman–Crippen LogP) is 3.23. The van der Waals surface area contributed by atoms with Crippen molar-refractivity contribution >= 4 is 92.4 Å². The van der Waals surface area contributed by atoms with Gasteiger partial charge in [0.05, 0.1) is 122 Å². The molecule has 8 amide bonds. The van der Waals surface area contributed by atoms with Crippen LogP contribution in [0.4, 0.5) is 87.4 Å². The Labute approximate surface area is 582 Å². The van der Waals surface area contributed by atoms with Crippen molar-refractivity contribution in [3.63, 3.8) is 0 Å². The maximum Gasteiger partial charge on any atom is 1.00 e. The van der Waals surface area contributed by atoms with Crippen LogP contribution in [0.2, 0.25) is 0 Å². The molecule has 2 aliphatic heterocycles. The molecule has 0 aromatic heterocycles. The standard InChI is InChI=1S/2C28H30N6O11.HI.K/c2*35-27(29-19-1-5-21(6-2-19)33(37)38)31-23-17-25-26(45-16-14-43-12-10-41-9-11-42-13-15-44-25)18-24(23)32-28(36)30-20-3-7-22(8-4-20)34(39)40;;/h2*1-8,17-18H,9-16H2,(H2,29,31,35)(H2,30,32,36);1H;/q;;;+1/p-1. The number of ether oxygens (including phenoxy) is 10. The molecule has 8 rings (SSSR count). The van der Waals surface area contributed by atoms with E-state index < -0.39 is 43.8 Å². The monoisotopic (exact) mass is 1420 g/mol. The minimum atomic E-state index is -0.725. The Bertz CT molecular complexity index is 2990. The van der Waals surface area contributed by atoms with Gasteiger partial charge in [0, 0.05) is 95.5 Å². The number of hydrogen-bond donors (Lipinski definition) is 8. The fourth-order valence-corrected chi connectivity index (χ4v) is 7.72. The largest absolute Gasteiger partial charge is 1.00 e. The minimum absolute atomic E-state index is 0. The van der Waals surface area contributed by atoms with E-state index in [1.165, 1.54) is 121 Å². The predicted molar refractivity (Wildman–Crippen MR) is 323 cm³/mol. The number of hydrogen-bond acceptors (Lipinski definition) is 22. The van der Waals surface area contributed by atoms with Gasteiger partial charge in [0.25, 0.3) is 22.7 Å². The van der Waals surface area contributed by atoms with Gasteiger partial charge in [0.1, 0.15) is 26.4 Å². The van der Waals surface area contributed by atoms with Crippen LogP contribution < -0.4 is 137 Å². The Morgan fingerprint density at radius 1 is 0.283 bits per heavy atom. The van der Waals surface area contributed by atoms with Gasteiger partial charge in [-0.2, -0.15) is 0 Å². The third kappa shape index (κ3) is 25.5. The van der Waals surface area contributed by atoms with E-state index in [1.807, 2.05) is 0 Å². The Hall–Kier alpha value is -8.67. The summed E-state index contributed by atoms with van der Waals surface area (Å²) >= 11 is 0. The fourth-order valence-electron chi connectivity index (χ4n) is 7.72. The number of benzene rings is 6. The SMILES string of the molecule is O=C(Nc1ccc([N+](=O)[O-])cc1)Nc1cc2c(cc1NC(=O)Nc1ccc([N+](=O)[O-])cc1)OCCOCCOCCOCCO2.O=C(Nc1ccc([N+](=O)[O-])cc1)Nc1cc2c(cc1NC(=O)Nc1ccc([N+](=O)[O-])cc1)OCCOCCOCCOCCO2.[I-].[K+]. The molecule has 2 heterocycles. The van der Waals surface area contributed by atoms with Crippen molar-refractivity contribution < 1.29 is 162 Å². The van der Waals surface area contributed by atoms with Crippen LogP contribution in [0.3, 0.4) is 0 Å². The molecule has 0 spiro atoms. The van der Waals surface area contributed by atoms with Gasteiger partial charge in [-0.3, -0.25) is 40.5 Å². The maximum absolute atomic E-state index is 12.9. The number of non-ortho nitro benzene ring substituents is 4. The zero-order valence-corrected chi connectivity index (χ0v) is 54.3. The Morgan fingerprint density at radius 2 is 0.446 bits per heavy atom. The molecule has 0 aliphatic carbocycles. The normalized spacial score (nSPS) is 13.8. The zero-order valence-electron chi connectivity index (χ0n) is 49.0. The molecule has 0 unspecified atom stereocenters. The number of rotatable bonds is 12. The quantitative estimate of drug-likeness (QED) is 0.0377. The average molecular weight is 1420 g/mol. The third-order valence-corrected chi connectivity index (χ3v) is 11.9. The Balaban J connectivity index is 0.000000327. The maximum atomic E-state index is 12.9. The summed E-state index contributed by atoms with van der Waals surface area (Å²) in [5.74, 6) is 0.932. The second kappa shape index (κ2) is 39.6. The molecule has 92 heavy (non-hydrogen) atoms. The zero-order chi connectivity index (χ0) is 64.0. The Kier molecular flexibility index (Phi) is 31.8. The summed E-state index contributed by atoms with van der Waals surface area (Å²) < 4.78 is 56.3. The summed E-state index contributed by atoms with van der Waals surface area (Å²) in [6.07, 6.45) is 0. The molecule has 0 fully saturated rings. The number of urea groups is 4. The van der Waals surface area contributed by atoms with Crippen molar-refractivity contribution in [1.29, 1.82) is 0 Å². The molecule has 6 aromatic rings. The topological polar surface area (TPSA) is 429 Å². The number of halogens is 1. The van der Waals surface area contributed by atoms with E-state index in [2.05, 4.69) is 42.5 Å². The molecule has 0 bridgehead atoms. The van der Waals surface area contributed by atoms with Gasteiger partial charge in [-0.05, 0) is 48.5 Å². The van der Waals surface area contributed by atoms with Gasteiger partial charge in [-0.25, -0.2) is 19.2 Å². The van der Waals surface area contributed by atoms with E-state index >= 15 is 0 Å². The van der Waals surface area contributed by atoms with Crippen molar-refractivity contribution in [3.8, 4) is 23.0 Å². The summed E-state index contributed by atoms with van der Waals surface area (Å²) in [7, 11) is 0. The summed E-state index contributed by atoms with van der Waals surface area (Å²) in [6, 6.07) is 23.7. The molecule has 0 saturated carbocycles. The molecule has 0 radical (unpaired) electrons. The van der Waals surface area contributed by atoms with Gasteiger partial charge in [-0.15, -0.1) is 0 Å². The van der Waals surface area contributed by atoms with Gasteiger partial charge in [0.15, 0.2) is 23.0 Å². The number of carbonyl (C=O) groups excluding carboxylic acids is 4. The molecule has 8 N–H and O–H groups in total.